The van der Waals surface area contributed by atoms with Gasteiger partial charge in [0.1, 0.15) is 17.3 Å². The van der Waals surface area contributed by atoms with E-state index in [1.54, 1.807) is 6.07 Å². The zero-order valence-corrected chi connectivity index (χ0v) is 14.4. The molecule has 1 saturated carbocycles. The van der Waals surface area contributed by atoms with Crippen LogP contribution in [0.15, 0.2) is 41.1 Å². The molecule has 0 unspecified atom stereocenters. The van der Waals surface area contributed by atoms with Gasteiger partial charge in [-0.3, -0.25) is 4.90 Å². The number of hydrogen-bond donors (Lipinski definition) is 0. The second kappa shape index (κ2) is 6.29. The highest BCUT2D eigenvalue weighted by atomic mass is 19.1. The van der Waals surface area contributed by atoms with E-state index < -0.39 is 0 Å². The summed E-state index contributed by atoms with van der Waals surface area (Å²) in [5.74, 6) is 2.12. The lowest BCUT2D eigenvalue weighted by atomic mass is 10.1. The van der Waals surface area contributed by atoms with Gasteiger partial charge in [0.05, 0.1) is 6.54 Å². The smallest absolute Gasteiger partial charge is 0.151 e. The van der Waals surface area contributed by atoms with Crippen LogP contribution >= 0.6 is 0 Å². The maximum absolute atomic E-state index is 13.4. The number of aromatic nitrogens is 3. The van der Waals surface area contributed by atoms with E-state index in [1.165, 1.54) is 36.2 Å². The largest absolute Gasteiger partial charge is 0.359 e. The summed E-state index contributed by atoms with van der Waals surface area (Å²) in [5.41, 5.74) is 3.78. The van der Waals surface area contributed by atoms with Gasteiger partial charge in [-0.25, -0.2) is 14.4 Å². The van der Waals surface area contributed by atoms with Crippen LogP contribution in [0, 0.1) is 5.82 Å². The second-order valence-electron chi connectivity index (χ2n) is 7.12. The SMILES string of the molecule is Fc1cccc(-c2cc(CN3CCc4nc(C5CC5)ncc4C3)on2)c1. The topological polar surface area (TPSA) is 55.1 Å². The van der Waals surface area contributed by atoms with E-state index >= 15 is 0 Å². The number of rotatable bonds is 4. The molecule has 0 radical (unpaired) electrons. The molecule has 1 aliphatic carbocycles. The molecule has 3 heterocycles. The van der Waals surface area contributed by atoms with Gasteiger partial charge in [-0.2, -0.15) is 0 Å². The highest BCUT2D eigenvalue weighted by molar-refractivity contribution is 5.58. The fourth-order valence-corrected chi connectivity index (χ4v) is 3.45. The van der Waals surface area contributed by atoms with Crippen molar-refractivity contribution in [2.75, 3.05) is 6.54 Å². The average molecular weight is 350 g/mol. The van der Waals surface area contributed by atoms with Crippen molar-refractivity contribution in [3.8, 4) is 11.3 Å². The van der Waals surface area contributed by atoms with E-state index in [4.69, 9.17) is 9.51 Å². The lowest BCUT2D eigenvalue weighted by Crippen LogP contribution is -2.31. The predicted molar refractivity (Wildman–Crippen MR) is 93.7 cm³/mol. The van der Waals surface area contributed by atoms with Gasteiger partial charge in [0.2, 0.25) is 0 Å². The molecule has 2 aliphatic rings. The van der Waals surface area contributed by atoms with Crippen molar-refractivity contribution in [1.82, 2.24) is 20.0 Å². The van der Waals surface area contributed by atoms with Crippen LogP contribution in [0.5, 0.6) is 0 Å². The molecule has 1 aliphatic heterocycles. The summed E-state index contributed by atoms with van der Waals surface area (Å²) in [5, 5.41) is 4.08. The molecule has 3 aromatic rings. The van der Waals surface area contributed by atoms with Gasteiger partial charge in [-0.15, -0.1) is 0 Å². The van der Waals surface area contributed by atoms with E-state index in [-0.39, 0.29) is 5.82 Å². The summed E-state index contributed by atoms with van der Waals surface area (Å²) < 4.78 is 18.8. The number of fused-ring (bicyclic) bond motifs is 1. The molecule has 0 N–H and O–H groups in total. The van der Waals surface area contributed by atoms with E-state index in [0.717, 1.165) is 36.7 Å². The van der Waals surface area contributed by atoms with Crippen LogP contribution < -0.4 is 0 Å². The highest BCUT2D eigenvalue weighted by Gasteiger charge is 2.28. The average Bonchev–Trinajstić information content (AvgIpc) is 3.40. The minimum absolute atomic E-state index is 0.273. The molecule has 0 amide bonds. The molecule has 0 saturated heterocycles. The molecule has 0 bridgehead atoms. The molecule has 5 nitrogen and oxygen atoms in total. The van der Waals surface area contributed by atoms with Gasteiger partial charge < -0.3 is 4.52 Å². The van der Waals surface area contributed by atoms with Gasteiger partial charge >= 0.3 is 0 Å². The fourth-order valence-electron chi connectivity index (χ4n) is 3.45. The van der Waals surface area contributed by atoms with Crippen LogP contribution in [0.1, 0.15) is 41.6 Å². The van der Waals surface area contributed by atoms with Crippen molar-refractivity contribution in [1.29, 1.82) is 0 Å². The third kappa shape index (κ3) is 3.12. The summed E-state index contributed by atoms with van der Waals surface area (Å²) in [6.07, 6.45) is 5.37. The second-order valence-corrected chi connectivity index (χ2v) is 7.12. The lowest BCUT2D eigenvalue weighted by molar-refractivity contribution is 0.213. The molecular weight excluding hydrogens is 331 g/mol. The van der Waals surface area contributed by atoms with E-state index in [2.05, 4.69) is 15.0 Å². The minimum Gasteiger partial charge on any atom is -0.359 e. The van der Waals surface area contributed by atoms with Gasteiger partial charge in [-0.1, -0.05) is 17.3 Å². The van der Waals surface area contributed by atoms with E-state index in [9.17, 15) is 4.39 Å². The fraction of sp³-hybridized carbons (Fsp3) is 0.350. The van der Waals surface area contributed by atoms with Gasteiger partial charge in [0.25, 0.3) is 0 Å². The first-order valence-electron chi connectivity index (χ1n) is 9.03. The Balaban J connectivity index is 1.29. The summed E-state index contributed by atoms with van der Waals surface area (Å²) in [6.45, 7) is 2.42. The molecule has 6 heteroatoms. The van der Waals surface area contributed by atoms with Gasteiger partial charge in [0, 0.05) is 54.5 Å². The molecule has 0 spiro atoms. The Labute approximate surface area is 150 Å². The van der Waals surface area contributed by atoms with Gasteiger partial charge in [-0.05, 0) is 25.0 Å². The number of benzene rings is 1. The van der Waals surface area contributed by atoms with Crippen molar-refractivity contribution in [2.24, 2.45) is 0 Å². The van der Waals surface area contributed by atoms with Crippen LogP contribution in [0.2, 0.25) is 0 Å². The van der Waals surface area contributed by atoms with Crippen molar-refractivity contribution < 1.29 is 8.91 Å². The summed E-state index contributed by atoms with van der Waals surface area (Å²) in [7, 11) is 0. The number of hydrogen-bond acceptors (Lipinski definition) is 5. The van der Waals surface area contributed by atoms with Crippen LogP contribution in [0.4, 0.5) is 4.39 Å². The van der Waals surface area contributed by atoms with Crippen molar-refractivity contribution >= 4 is 0 Å². The van der Waals surface area contributed by atoms with Gasteiger partial charge in [0.15, 0.2) is 5.76 Å². The Morgan fingerprint density at radius 2 is 2.15 bits per heavy atom. The number of halogens is 1. The van der Waals surface area contributed by atoms with Crippen molar-refractivity contribution in [3.05, 3.63) is 65.2 Å². The Morgan fingerprint density at radius 1 is 1.23 bits per heavy atom. The number of nitrogens with zero attached hydrogens (tertiary/aromatic N) is 4. The zero-order chi connectivity index (χ0) is 17.5. The monoisotopic (exact) mass is 350 g/mol. The van der Waals surface area contributed by atoms with Crippen LogP contribution in [-0.2, 0) is 19.5 Å². The third-order valence-corrected chi connectivity index (χ3v) is 5.03. The molecule has 1 fully saturated rings. The molecule has 0 atom stereocenters. The maximum Gasteiger partial charge on any atom is 0.151 e. The first-order valence-corrected chi connectivity index (χ1v) is 9.03. The first kappa shape index (κ1) is 15.6. The Kier molecular flexibility index (Phi) is 3.78. The van der Waals surface area contributed by atoms with E-state index in [1.807, 2.05) is 18.3 Å². The lowest BCUT2D eigenvalue weighted by Gasteiger charge is -2.27. The van der Waals surface area contributed by atoms with E-state index in [0.29, 0.717) is 18.2 Å². The standard InChI is InChI=1S/C20H19FN4O/c21-16-3-1-2-14(8-16)19-9-17(26-24-19)12-25-7-6-18-15(11-25)10-22-20(23-18)13-4-5-13/h1-3,8-10,13H,4-7,11-12H2. The summed E-state index contributed by atoms with van der Waals surface area (Å²) >= 11 is 0. The molecule has 132 valence electrons. The van der Waals surface area contributed by atoms with Crippen molar-refractivity contribution in [3.63, 3.8) is 0 Å². The zero-order valence-electron chi connectivity index (χ0n) is 14.4. The Hall–Kier alpha value is -2.60. The molecular formula is C20H19FN4O. The highest BCUT2D eigenvalue weighted by Crippen LogP contribution is 2.38. The van der Waals surface area contributed by atoms with Crippen molar-refractivity contribution in [2.45, 2.75) is 38.3 Å². The Morgan fingerprint density at radius 3 is 3.00 bits per heavy atom. The summed E-state index contributed by atoms with van der Waals surface area (Å²) in [4.78, 5) is 11.6. The Bertz CT molecular complexity index is 950. The quantitative estimate of drug-likeness (QED) is 0.718. The minimum atomic E-state index is -0.273. The third-order valence-electron chi connectivity index (χ3n) is 5.03. The maximum atomic E-state index is 13.4. The normalized spacial score (nSPS) is 17.3. The molecule has 26 heavy (non-hydrogen) atoms. The molecule has 2 aromatic heterocycles. The molecule has 5 rings (SSSR count). The first-order chi connectivity index (χ1) is 12.7. The van der Waals surface area contributed by atoms with Crippen LogP contribution in [0.3, 0.4) is 0 Å². The molecule has 1 aromatic carbocycles. The van der Waals surface area contributed by atoms with Crippen LogP contribution in [-0.4, -0.2) is 26.6 Å². The predicted octanol–water partition coefficient (Wildman–Crippen LogP) is 3.71. The summed E-state index contributed by atoms with van der Waals surface area (Å²) in [6, 6.07) is 8.28. The van der Waals surface area contributed by atoms with Crippen LogP contribution in [0.25, 0.3) is 11.3 Å².